The summed E-state index contributed by atoms with van der Waals surface area (Å²) in [6.07, 6.45) is -0.242. The number of alkyl carbamates (subject to hydrolysis) is 1. The summed E-state index contributed by atoms with van der Waals surface area (Å²) in [6, 6.07) is 0. The second-order valence-electron chi connectivity index (χ2n) is 3.93. The average molecular weight is 173 g/mol. The van der Waals surface area contributed by atoms with Crippen molar-refractivity contribution in [3.63, 3.8) is 0 Å². The number of epoxide rings is 1. The minimum absolute atomic E-state index is 0.135. The zero-order valence-electron chi connectivity index (χ0n) is 7.72. The van der Waals surface area contributed by atoms with E-state index in [1.807, 2.05) is 20.8 Å². The van der Waals surface area contributed by atoms with E-state index in [-0.39, 0.29) is 17.7 Å². The first-order valence-corrected chi connectivity index (χ1v) is 4.04. The smallest absolute Gasteiger partial charge is 0.407 e. The van der Waals surface area contributed by atoms with Crippen LogP contribution in [0.5, 0.6) is 0 Å². The van der Waals surface area contributed by atoms with E-state index < -0.39 is 0 Å². The number of hydrogen-bond acceptors (Lipinski definition) is 3. The van der Waals surface area contributed by atoms with Gasteiger partial charge in [-0.2, -0.15) is 0 Å². The maximum Gasteiger partial charge on any atom is 0.407 e. The first kappa shape index (κ1) is 9.32. The second-order valence-corrected chi connectivity index (χ2v) is 3.93. The van der Waals surface area contributed by atoms with E-state index in [1.54, 1.807) is 0 Å². The maximum atomic E-state index is 11.0. The molecule has 70 valence electrons. The van der Waals surface area contributed by atoms with Crippen molar-refractivity contribution in [3.05, 3.63) is 0 Å². The Hall–Kier alpha value is -0.770. The maximum absolute atomic E-state index is 11.0. The van der Waals surface area contributed by atoms with E-state index in [0.717, 1.165) is 0 Å². The number of amides is 1. The van der Waals surface area contributed by atoms with Crippen LogP contribution in [0.25, 0.3) is 0 Å². The molecule has 1 fully saturated rings. The molecule has 1 N–H and O–H groups in total. The first-order valence-electron chi connectivity index (χ1n) is 4.04. The third kappa shape index (κ3) is 4.18. The summed E-state index contributed by atoms with van der Waals surface area (Å²) in [4.78, 5) is 11.0. The van der Waals surface area contributed by atoms with Crippen molar-refractivity contribution in [1.29, 1.82) is 0 Å². The fourth-order valence-corrected chi connectivity index (χ4v) is 0.675. The van der Waals surface area contributed by atoms with Crippen LogP contribution in [0.2, 0.25) is 0 Å². The quantitative estimate of drug-likeness (QED) is 0.631. The number of hydrogen-bond donors (Lipinski definition) is 1. The van der Waals surface area contributed by atoms with Crippen LogP contribution in [0.15, 0.2) is 0 Å². The molecule has 0 saturated carbocycles. The molecule has 0 spiro atoms. The average Bonchev–Trinajstić information content (AvgIpc) is 2.61. The molecule has 0 aliphatic carbocycles. The molecule has 4 heteroatoms. The Kier molecular flexibility index (Phi) is 2.57. The van der Waals surface area contributed by atoms with Gasteiger partial charge in [-0.15, -0.1) is 0 Å². The van der Waals surface area contributed by atoms with E-state index in [1.165, 1.54) is 0 Å². The molecule has 1 aliphatic rings. The molecule has 0 aromatic carbocycles. The normalized spacial score (nSPS) is 21.8. The topological polar surface area (TPSA) is 50.9 Å². The summed E-state index contributed by atoms with van der Waals surface area (Å²) in [5, 5.41) is 2.69. The van der Waals surface area contributed by atoms with Crippen LogP contribution in [-0.2, 0) is 9.47 Å². The van der Waals surface area contributed by atoms with Gasteiger partial charge in [0.05, 0.1) is 6.61 Å². The van der Waals surface area contributed by atoms with Crippen LogP contribution in [-0.4, -0.2) is 30.9 Å². The lowest BCUT2D eigenvalue weighted by Gasteiger charge is -2.19. The summed E-state index contributed by atoms with van der Waals surface area (Å²) in [5.41, 5.74) is -0.235. The summed E-state index contributed by atoms with van der Waals surface area (Å²) < 4.78 is 9.75. The van der Waals surface area contributed by atoms with Gasteiger partial charge < -0.3 is 14.8 Å². The molecule has 1 saturated heterocycles. The SMILES string of the molecule is CC(C)(C)NC(=O)OCC1CO1. The Labute approximate surface area is 72.2 Å². The van der Waals surface area contributed by atoms with Gasteiger partial charge in [0.15, 0.2) is 0 Å². The van der Waals surface area contributed by atoms with Crippen LogP contribution in [0.3, 0.4) is 0 Å². The number of carbonyl (C=O) groups is 1. The summed E-state index contributed by atoms with van der Waals surface area (Å²) in [7, 11) is 0. The van der Waals surface area contributed by atoms with Gasteiger partial charge in [0.1, 0.15) is 12.7 Å². The molecule has 1 aliphatic heterocycles. The highest BCUT2D eigenvalue weighted by Gasteiger charge is 2.25. The third-order valence-electron chi connectivity index (χ3n) is 1.28. The lowest BCUT2D eigenvalue weighted by molar-refractivity contribution is 0.128. The van der Waals surface area contributed by atoms with Gasteiger partial charge in [-0.3, -0.25) is 0 Å². The van der Waals surface area contributed by atoms with Gasteiger partial charge in [0.25, 0.3) is 0 Å². The van der Waals surface area contributed by atoms with Crippen molar-refractivity contribution >= 4 is 6.09 Å². The Bertz CT molecular complexity index is 170. The van der Waals surface area contributed by atoms with Crippen LogP contribution in [0.1, 0.15) is 20.8 Å². The fourth-order valence-electron chi connectivity index (χ4n) is 0.675. The molecule has 0 radical (unpaired) electrons. The zero-order chi connectivity index (χ0) is 9.19. The molecule has 1 atom stereocenters. The molecule has 1 rings (SSSR count). The Balaban J connectivity index is 2.10. The fraction of sp³-hybridized carbons (Fsp3) is 0.875. The monoisotopic (exact) mass is 173 g/mol. The second kappa shape index (κ2) is 3.31. The van der Waals surface area contributed by atoms with E-state index in [4.69, 9.17) is 9.47 Å². The van der Waals surface area contributed by atoms with Crippen molar-refractivity contribution in [3.8, 4) is 0 Å². The van der Waals surface area contributed by atoms with Gasteiger partial charge in [0, 0.05) is 5.54 Å². The van der Waals surface area contributed by atoms with Crippen molar-refractivity contribution in [2.45, 2.75) is 32.4 Å². The number of rotatable bonds is 2. The lowest BCUT2D eigenvalue weighted by Crippen LogP contribution is -2.41. The van der Waals surface area contributed by atoms with Crippen LogP contribution >= 0.6 is 0 Å². The van der Waals surface area contributed by atoms with Gasteiger partial charge in [-0.1, -0.05) is 0 Å². The third-order valence-corrected chi connectivity index (χ3v) is 1.28. The number of carbonyl (C=O) groups excluding carboxylic acids is 1. The molecular formula is C8H15NO3. The van der Waals surface area contributed by atoms with Gasteiger partial charge in [-0.05, 0) is 20.8 Å². The Morgan fingerprint density at radius 3 is 2.67 bits per heavy atom. The van der Waals surface area contributed by atoms with Crippen LogP contribution in [0.4, 0.5) is 4.79 Å². The van der Waals surface area contributed by atoms with E-state index in [0.29, 0.717) is 13.2 Å². The van der Waals surface area contributed by atoms with E-state index in [9.17, 15) is 4.79 Å². The minimum atomic E-state index is -0.377. The Morgan fingerprint density at radius 1 is 1.67 bits per heavy atom. The number of ether oxygens (including phenoxy) is 2. The minimum Gasteiger partial charge on any atom is -0.447 e. The molecule has 12 heavy (non-hydrogen) atoms. The highest BCUT2D eigenvalue weighted by molar-refractivity contribution is 5.68. The largest absolute Gasteiger partial charge is 0.447 e. The van der Waals surface area contributed by atoms with Crippen molar-refractivity contribution in [2.75, 3.05) is 13.2 Å². The zero-order valence-corrected chi connectivity index (χ0v) is 7.72. The lowest BCUT2D eigenvalue weighted by atomic mass is 10.1. The molecular weight excluding hydrogens is 158 g/mol. The van der Waals surface area contributed by atoms with Crippen LogP contribution < -0.4 is 5.32 Å². The highest BCUT2D eigenvalue weighted by atomic mass is 16.6. The predicted molar refractivity (Wildman–Crippen MR) is 44.0 cm³/mol. The highest BCUT2D eigenvalue weighted by Crippen LogP contribution is 2.08. The molecule has 1 heterocycles. The molecule has 0 aromatic rings. The van der Waals surface area contributed by atoms with Crippen LogP contribution in [0, 0.1) is 0 Å². The van der Waals surface area contributed by atoms with Gasteiger partial charge >= 0.3 is 6.09 Å². The van der Waals surface area contributed by atoms with Gasteiger partial charge in [0.2, 0.25) is 0 Å². The summed E-state index contributed by atoms with van der Waals surface area (Å²) in [5.74, 6) is 0. The van der Waals surface area contributed by atoms with E-state index >= 15 is 0 Å². The first-order chi connectivity index (χ1) is 5.47. The molecule has 0 aromatic heterocycles. The molecule has 4 nitrogen and oxygen atoms in total. The van der Waals surface area contributed by atoms with Crippen molar-refractivity contribution in [1.82, 2.24) is 5.32 Å². The summed E-state index contributed by atoms with van der Waals surface area (Å²) >= 11 is 0. The standard InChI is InChI=1S/C8H15NO3/c1-8(2,3)9-7(10)12-5-6-4-11-6/h6H,4-5H2,1-3H3,(H,9,10). The molecule has 1 amide bonds. The van der Waals surface area contributed by atoms with Crippen molar-refractivity contribution in [2.24, 2.45) is 0 Å². The Morgan fingerprint density at radius 2 is 2.25 bits per heavy atom. The van der Waals surface area contributed by atoms with E-state index in [2.05, 4.69) is 5.32 Å². The van der Waals surface area contributed by atoms with Gasteiger partial charge in [-0.25, -0.2) is 4.79 Å². The predicted octanol–water partition coefficient (Wildman–Crippen LogP) is 0.910. The molecule has 0 bridgehead atoms. The summed E-state index contributed by atoms with van der Waals surface area (Å²) in [6.45, 7) is 6.79. The number of nitrogens with one attached hydrogen (secondary N) is 1. The molecule has 1 unspecified atom stereocenters. The van der Waals surface area contributed by atoms with Crippen molar-refractivity contribution < 1.29 is 14.3 Å².